The molecule has 0 aliphatic rings. The third kappa shape index (κ3) is 5.01. The van der Waals surface area contributed by atoms with Gasteiger partial charge >= 0.3 is 0 Å². The Morgan fingerprint density at radius 3 is 2.60 bits per heavy atom. The summed E-state index contributed by atoms with van der Waals surface area (Å²) in [4.78, 5) is 12.0. The number of para-hydroxylation sites is 2. The van der Waals surface area contributed by atoms with Gasteiger partial charge in [-0.1, -0.05) is 12.1 Å². The van der Waals surface area contributed by atoms with E-state index in [0.29, 0.717) is 18.0 Å². The van der Waals surface area contributed by atoms with Crippen LogP contribution in [0.3, 0.4) is 0 Å². The molecule has 8 heteroatoms. The number of aryl methyl sites for hydroxylation is 1. The predicted molar refractivity (Wildman–Crippen MR) is 92.6 cm³/mol. The zero-order valence-electron chi connectivity index (χ0n) is 13.9. The van der Waals surface area contributed by atoms with E-state index in [-0.39, 0.29) is 10.5 Å². The Balaban J connectivity index is 2.04. The Bertz CT molecular complexity index is 869. The summed E-state index contributed by atoms with van der Waals surface area (Å²) in [6.45, 7) is 3.27. The molecular weight excluding hydrogens is 347 g/mol. The third-order valence-corrected chi connectivity index (χ3v) is 4.87. The van der Waals surface area contributed by atoms with Crippen molar-refractivity contribution < 1.29 is 22.3 Å². The van der Waals surface area contributed by atoms with Crippen LogP contribution in [-0.4, -0.2) is 27.5 Å². The summed E-state index contributed by atoms with van der Waals surface area (Å²) >= 11 is 0. The molecule has 0 aromatic heterocycles. The van der Waals surface area contributed by atoms with Crippen molar-refractivity contribution in [2.24, 2.45) is 0 Å². The molecule has 0 fully saturated rings. The summed E-state index contributed by atoms with van der Waals surface area (Å²) in [6.07, 6.45) is 0. The van der Waals surface area contributed by atoms with Crippen molar-refractivity contribution in [3.8, 4) is 5.75 Å². The van der Waals surface area contributed by atoms with Gasteiger partial charge in [0.2, 0.25) is 15.9 Å². The number of rotatable bonds is 7. The quantitative estimate of drug-likeness (QED) is 0.788. The first-order valence-corrected chi connectivity index (χ1v) is 9.09. The van der Waals surface area contributed by atoms with E-state index in [1.165, 1.54) is 6.92 Å². The standard InChI is InChI=1S/C17H19FN2O4S/c1-3-24-15-7-5-4-6-14(15)20-17(21)11-19-25(22,23)16-9-8-13(18)10-12(16)2/h4-10,19H,3,11H2,1-2H3,(H,20,21). The number of benzene rings is 2. The van der Waals surface area contributed by atoms with Gasteiger partial charge < -0.3 is 10.1 Å². The van der Waals surface area contributed by atoms with Crippen molar-refractivity contribution in [1.29, 1.82) is 0 Å². The highest BCUT2D eigenvalue weighted by molar-refractivity contribution is 7.89. The molecule has 0 radical (unpaired) electrons. The molecule has 0 spiro atoms. The summed E-state index contributed by atoms with van der Waals surface area (Å²) < 4.78 is 45.2. The Labute approximate surface area is 146 Å². The summed E-state index contributed by atoms with van der Waals surface area (Å²) in [5.74, 6) is -0.576. The summed E-state index contributed by atoms with van der Waals surface area (Å²) in [5, 5.41) is 2.59. The maximum absolute atomic E-state index is 13.1. The zero-order valence-corrected chi connectivity index (χ0v) is 14.7. The molecular formula is C17H19FN2O4S. The Hall–Kier alpha value is -2.45. The Morgan fingerprint density at radius 2 is 1.92 bits per heavy atom. The van der Waals surface area contributed by atoms with Crippen LogP contribution in [0.25, 0.3) is 0 Å². The van der Waals surface area contributed by atoms with Gasteiger partial charge in [0.05, 0.1) is 23.7 Å². The molecule has 2 N–H and O–H groups in total. The topological polar surface area (TPSA) is 84.5 Å². The van der Waals surface area contributed by atoms with E-state index >= 15 is 0 Å². The third-order valence-electron chi connectivity index (χ3n) is 3.31. The van der Waals surface area contributed by atoms with Crippen molar-refractivity contribution in [3.63, 3.8) is 0 Å². The zero-order chi connectivity index (χ0) is 18.4. The van der Waals surface area contributed by atoms with Gasteiger partial charge in [0.25, 0.3) is 0 Å². The van der Waals surface area contributed by atoms with Gasteiger partial charge in [0, 0.05) is 0 Å². The van der Waals surface area contributed by atoms with Gasteiger partial charge in [-0.2, -0.15) is 0 Å². The SMILES string of the molecule is CCOc1ccccc1NC(=O)CNS(=O)(=O)c1ccc(F)cc1C. The molecule has 0 saturated carbocycles. The van der Waals surface area contributed by atoms with E-state index in [9.17, 15) is 17.6 Å². The van der Waals surface area contributed by atoms with Gasteiger partial charge in [-0.15, -0.1) is 0 Å². The Kier molecular flexibility index (Phi) is 6.11. The molecule has 0 saturated heterocycles. The largest absolute Gasteiger partial charge is 0.492 e. The number of ether oxygens (including phenoxy) is 1. The van der Waals surface area contributed by atoms with Crippen LogP contribution < -0.4 is 14.8 Å². The molecule has 6 nitrogen and oxygen atoms in total. The minimum atomic E-state index is -3.92. The molecule has 134 valence electrons. The van der Waals surface area contributed by atoms with E-state index in [2.05, 4.69) is 10.0 Å². The first-order valence-electron chi connectivity index (χ1n) is 7.61. The molecule has 2 aromatic carbocycles. The van der Waals surface area contributed by atoms with Crippen LogP contribution >= 0.6 is 0 Å². The number of anilines is 1. The maximum atomic E-state index is 13.1. The van der Waals surface area contributed by atoms with Gasteiger partial charge in [-0.05, 0) is 49.7 Å². The summed E-state index contributed by atoms with van der Waals surface area (Å²) in [5.41, 5.74) is 0.709. The highest BCUT2D eigenvalue weighted by Gasteiger charge is 2.18. The van der Waals surface area contributed by atoms with Crippen LogP contribution in [0, 0.1) is 12.7 Å². The second-order valence-corrected chi connectivity index (χ2v) is 6.95. The summed E-state index contributed by atoms with van der Waals surface area (Å²) in [6, 6.07) is 10.2. The second kappa shape index (κ2) is 8.09. The number of halogens is 1. The van der Waals surface area contributed by atoms with Crippen molar-refractivity contribution in [2.45, 2.75) is 18.7 Å². The lowest BCUT2D eigenvalue weighted by molar-refractivity contribution is -0.115. The maximum Gasteiger partial charge on any atom is 0.241 e. The smallest absolute Gasteiger partial charge is 0.241 e. The van der Waals surface area contributed by atoms with E-state index in [1.807, 2.05) is 6.92 Å². The fourth-order valence-corrected chi connectivity index (χ4v) is 3.40. The number of sulfonamides is 1. The lowest BCUT2D eigenvalue weighted by Gasteiger charge is -2.12. The van der Waals surface area contributed by atoms with E-state index in [1.54, 1.807) is 24.3 Å². The first kappa shape index (κ1) is 18.9. The number of carbonyl (C=O) groups is 1. The van der Waals surface area contributed by atoms with Gasteiger partial charge in [-0.25, -0.2) is 17.5 Å². The second-order valence-electron chi connectivity index (χ2n) is 5.21. The first-order chi connectivity index (χ1) is 11.8. The van der Waals surface area contributed by atoms with E-state index < -0.39 is 28.3 Å². The Morgan fingerprint density at radius 1 is 1.20 bits per heavy atom. The normalized spacial score (nSPS) is 11.2. The molecule has 0 aliphatic heterocycles. The van der Waals surface area contributed by atoms with Crippen LogP contribution in [0.2, 0.25) is 0 Å². The predicted octanol–water partition coefficient (Wildman–Crippen LogP) is 2.45. The van der Waals surface area contributed by atoms with Crippen LogP contribution in [-0.2, 0) is 14.8 Å². The highest BCUT2D eigenvalue weighted by Crippen LogP contribution is 2.23. The molecule has 1 amide bonds. The van der Waals surface area contributed by atoms with Crippen molar-refractivity contribution in [1.82, 2.24) is 4.72 Å². The molecule has 25 heavy (non-hydrogen) atoms. The molecule has 0 aliphatic carbocycles. The number of carbonyl (C=O) groups excluding carboxylic acids is 1. The van der Waals surface area contributed by atoms with Gasteiger partial charge in [-0.3, -0.25) is 4.79 Å². The number of hydrogen-bond donors (Lipinski definition) is 2. The number of amides is 1. The minimum absolute atomic E-state index is 0.0728. The average molecular weight is 366 g/mol. The number of nitrogens with one attached hydrogen (secondary N) is 2. The van der Waals surface area contributed by atoms with Crippen molar-refractivity contribution in [3.05, 3.63) is 53.8 Å². The monoisotopic (exact) mass is 366 g/mol. The van der Waals surface area contributed by atoms with Gasteiger partial charge in [0.1, 0.15) is 11.6 Å². The lowest BCUT2D eigenvalue weighted by atomic mass is 10.2. The fourth-order valence-electron chi connectivity index (χ4n) is 2.20. The molecule has 0 atom stereocenters. The van der Waals surface area contributed by atoms with E-state index in [0.717, 1.165) is 18.2 Å². The van der Waals surface area contributed by atoms with Crippen molar-refractivity contribution in [2.75, 3.05) is 18.5 Å². The minimum Gasteiger partial charge on any atom is -0.492 e. The molecule has 0 heterocycles. The molecule has 2 rings (SSSR count). The van der Waals surface area contributed by atoms with Crippen molar-refractivity contribution >= 4 is 21.6 Å². The van der Waals surface area contributed by atoms with Crippen LogP contribution in [0.4, 0.5) is 10.1 Å². The molecule has 0 bridgehead atoms. The van der Waals surface area contributed by atoms with Gasteiger partial charge in [0.15, 0.2) is 0 Å². The van der Waals surface area contributed by atoms with Crippen LogP contribution in [0.15, 0.2) is 47.4 Å². The lowest BCUT2D eigenvalue weighted by Crippen LogP contribution is -2.33. The van der Waals surface area contributed by atoms with E-state index in [4.69, 9.17) is 4.74 Å². The average Bonchev–Trinajstić information content (AvgIpc) is 2.55. The molecule has 2 aromatic rings. The molecule has 0 unspecified atom stereocenters. The highest BCUT2D eigenvalue weighted by atomic mass is 32.2. The number of hydrogen-bond acceptors (Lipinski definition) is 4. The van der Waals surface area contributed by atoms with Crippen LogP contribution in [0.1, 0.15) is 12.5 Å². The van der Waals surface area contributed by atoms with Crippen LogP contribution in [0.5, 0.6) is 5.75 Å². The summed E-state index contributed by atoms with van der Waals surface area (Å²) in [7, 11) is -3.92. The fraction of sp³-hybridized carbons (Fsp3) is 0.235.